The topological polar surface area (TPSA) is 136 Å². The van der Waals surface area contributed by atoms with Crippen molar-refractivity contribution in [3.05, 3.63) is 41.2 Å². The first-order valence-electron chi connectivity index (χ1n) is 12.8. The third kappa shape index (κ3) is 4.13. The van der Waals surface area contributed by atoms with Crippen LogP contribution in [-0.4, -0.2) is 49.5 Å². The Kier molecular flexibility index (Phi) is 5.77. The maximum atomic E-state index is 12.4. The van der Waals surface area contributed by atoms with Gasteiger partial charge in [-0.1, -0.05) is 5.16 Å². The Hall–Kier alpha value is -4.41. The van der Waals surface area contributed by atoms with Crippen LogP contribution in [0.2, 0.25) is 0 Å². The van der Waals surface area contributed by atoms with Crippen LogP contribution < -0.4 is 15.4 Å². The molecule has 1 aliphatic carbocycles. The van der Waals surface area contributed by atoms with Crippen molar-refractivity contribution in [1.82, 2.24) is 35.2 Å². The van der Waals surface area contributed by atoms with Crippen molar-refractivity contribution < 1.29 is 14.1 Å². The van der Waals surface area contributed by atoms with E-state index in [2.05, 4.69) is 25.8 Å². The van der Waals surface area contributed by atoms with E-state index in [1.54, 1.807) is 11.8 Å². The van der Waals surface area contributed by atoms with Crippen molar-refractivity contribution >= 4 is 39.5 Å². The summed E-state index contributed by atoms with van der Waals surface area (Å²) < 4.78 is 12.9. The number of H-pyrrole nitrogens is 1. The number of anilines is 2. The number of aromatic amines is 1. The molecule has 0 spiro atoms. The highest BCUT2D eigenvalue weighted by atomic mass is 16.5. The quantitative estimate of drug-likeness (QED) is 0.272. The summed E-state index contributed by atoms with van der Waals surface area (Å²) in [5.74, 6) is 3.72. The number of aromatic nitrogens is 6. The van der Waals surface area contributed by atoms with Gasteiger partial charge in [0.15, 0.2) is 0 Å². The summed E-state index contributed by atoms with van der Waals surface area (Å²) in [5.41, 5.74) is 5.16. The van der Waals surface area contributed by atoms with Crippen LogP contribution in [0.4, 0.5) is 11.6 Å². The van der Waals surface area contributed by atoms with Gasteiger partial charge in [0, 0.05) is 35.0 Å². The number of nitrogens with one attached hydrogen (secondary N) is 3. The molecule has 11 heteroatoms. The van der Waals surface area contributed by atoms with Crippen LogP contribution in [-0.2, 0) is 11.3 Å². The highest BCUT2D eigenvalue weighted by Crippen LogP contribution is 2.42. The molecule has 5 aromatic rings. The average Bonchev–Trinajstić information content (AvgIpc) is 3.45. The second-order valence-corrected chi connectivity index (χ2v) is 9.73. The zero-order valence-electron chi connectivity index (χ0n) is 22.1. The van der Waals surface area contributed by atoms with Crippen LogP contribution in [0.3, 0.4) is 0 Å². The largest absolute Gasteiger partial charge is 0.496 e. The molecular formula is C27H30N8O3. The maximum absolute atomic E-state index is 12.4. The number of rotatable bonds is 8. The molecule has 0 radical (unpaired) electrons. The highest BCUT2D eigenvalue weighted by molar-refractivity contribution is 6.13. The zero-order chi connectivity index (χ0) is 26.6. The summed E-state index contributed by atoms with van der Waals surface area (Å²) in [5, 5.41) is 16.9. The number of carbonyl (C=O) groups excluding carboxylic acids is 1. The van der Waals surface area contributed by atoms with Crippen LogP contribution in [0.1, 0.15) is 48.7 Å². The number of hydrogen-bond acceptors (Lipinski definition) is 8. The van der Waals surface area contributed by atoms with Crippen molar-refractivity contribution in [3.8, 4) is 16.9 Å². The fraction of sp³-hybridized carbons (Fsp3) is 0.370. The Morgan fingerprint density at radius 2 is 2.03 bits per heavy atom. The molecule has 38 heavy (non-hydrogen) atoms. The number of benzene rings is 1. The first kappa shape index (κ1) is 24.0. The minimum Gasteiger partial charge on any atom is -0.496 e. The molecule has 0 atom stereocenters. The maximum Gasteiger partial charge on any atom is 0.241 e. The molecule has 4 aromatic heterocycles. The lowest BCUT2D eigenvalue weighted by Crippen LogP contribution is -2.28. The Labute approximate surface area is 219 Å². The molecule has 0 aliphatic heterocycles. The second kappa shape index (κ2) is 9.16. The van der Waals surface area contributed by atoms with Gasteiger partial charge in [-0.05, 0) is 52.7 Å². The molecule has 11 nitrogen and oxygen atoms in total. The van der Waals surface area contributed by atoms with Gasteiger partial charge in [-0.25, -0.2) is 14.6 Å². The zero-order valence-corrected chi connectivity index (χ0v) is 22.1. The highest BCUT2D eigenvalue weighted by Gasteiger charge is 2.28. The minimum absolute atomic E-state index is 0.0892. The van der Waals surface area contributed by atoms with Gasteiger partial charge < -0.3 is 24.9 Å². The third-order valence-electron chi connectivity index (χ3n) is 6.89. The van der Waals surface area contributed by atoms with Gasteiger partial charge in [-0.3, -0.25) is 4.79 Å². The van der Waals surface area contributed by atoms with Gasteiger partial charge in [0.2, 0.25) is 5.91 Å². The number of methoxy groups -OCH3 is 1. The Morgan fingerprint density at radius 3 is 2.71 bits per heavy atom. The molecule has 4 heterocycles. The number of nitrogens with zero attached hydrogens (tertiary/aromatic N) is 5. The number of ether oxygens (including phenoxy) is 1. The fourth-order valence-electron chi connectivity index (χ4n) is 5.00. The molecule has 3 N–H and O–H groups in total. The molecule has 1 fully saturated rings. The van der Waals surface area contributed by atoms with Gasteiger partial charge in [0.1, 0.15) is 41.2 Å². The summed E-state index contributed by atoms with van der Waals surface area (Å²) in [6, 6.07) is 6.04. The van der Waals surface area contributed by atoms with Gasteiger partial charge in [0.25, 0.3) is 0 Å². The minimum atomic E-state index is -0.0892. The fourth-order valence-corrected chi connectivity index (χ4v) is 5.00. The molecule has 6 rings (SSSR count). The van der Waals surface area contributed by atoms with Crippen molar-refractivity contribution in [3.63, 3.8) is 0 Å². The molecule has 0 saturated heterocycles. The van der Waals surface area contributed by atoms with E-state index in [1.165, 1.54) is 0 Å². The number of hydrogen-bond donors (Lipinski definition) is 3. The molecule has 196 valence electrons. The Balaban J connectivity index is 1.49. The predicted octanol–water partition coefficient (Wildman–Crippen LogP) is 4.65. The lowest BCUT2D eigenvalue weighted by atomic mass is 10.0. The number of likely N-dealkylation sites (N-methyl/N-ethyl adjacent to an activating group) is 1. The number of aryl methyl sites for hydroxylation is 3. The van der Waals surface area contributed by atoms with E-state index >= 15 is 0 Å². The lowest BCUT2D eigenvalue weighted by molar-refractivity contribution is -0.121. The average molecular weight is 515 g/mol. The molecule has 1 aromatic carbocycles. The standard InChI is InChI=1S/C27H30N8O3/c1-6-28-23(36)12-35-22(11-19(33-35)16-7-8-16)32-27-25-17-10-21(37-5)18(24-13(2)34-38-14(24)3)9-20(17)31-26(25)29-15(4)30-27/h9-11,16H,6-8,12H2,1-5H3,(H,28,36)(H2,29,30,31,32). The number of carbonyl (C=O) groups is 1. The molecule has 0 bridgehead atoms. The molecule has 0 unspecified atom stereocenters. The van der Waals surface area contributed by atoms with E-state index in [9.17, 15) is 4.79 Å². The number of amides is 1. The van der Waals surface area contributed by atoms with E-state index in [1.807, 2.05) is 45.9 Å². The van der Waals surface area contributed by atoms with E-state index in [4.69, 9.17) is 19.3 Å². The van der Waals surface area contributed by atoms with Gasteiger partial charge in [0.05, 0.1) is 29.4 Å². The van der Waals surface area contributed by atoms with Crippen LogP contribution in [0.5, 0.6) is 5.75 Å². The van der Waals surface area contributed by atoms with Crippen LogP contribution in [0.25, 0.3) is 33.1 Å². The Morgan fingerprint density at radius 1 is 1.21 bits per heavy atom. The normalized spacial score (nSPS) is 13.4. The van der Waals surface area contributed by atoms with E-state index < -0.39 is 0 Å². The SMILES string of the molecule is CCNC(=O)Cn1nc(C2CC2)cc1Nc1nc(C)nc2[nH]c3cc(-c4c(C)noc4C)c(OC)cc3c12. The van der Waals surface area contributed by atoms with Crippen molar-refractivity contribution in [2.45, 2.75) is 53.0 Å². The van der Waals surface area contributed by atoms with E-state index in [0.717, 1.165) is 57.4 Å². The lowest BCUT2D eigenvalue weighted by Gasteiger charge is -2.11. The van der Waals surface area contributed by atoms with Crippen molar-refractivity contribution in [2.24, 2.45) is 0 Å². The van der Waals surface area contributed by atoms with Crippen molar-refractivity contribution in [1.29, 1.82) is 0 Å². The first-order chi connectivity index (χ1) is 18.4. The summed E-state index contributed by atoms with van der Waals surface area (Å²) >= 11 is 0. The monoisotopic (exact) mass is 514 g/mol. The molecule has 1 amide bonds. The third-order valence-corrected chi connectivity index (χ3v) is 6.89. The van der Waals surface area contributed by atoms with E-state index in [-0.39, 0.29) is 12.5 Å². The summed E-state index contributed by atoms with van der Waals surface area (Å²) in [7, 11) is 1.65. The molecule has 1 aliphatic rings. The van der Waals surface area contributed by atoms with Crippen LogP contribution >= 0.6 is 0 Å². The smallest absolute Gasteiger partial charge is 0.241 e. The van der Waals surface area contributed by atoms with Gasteiger partial charge >= 0.3 is 0 Å². The van der Waals surface area contributed by atoms with Crippen molar-refractivity contribution in [2.75, 3.05) is 19.0 Å². The summed E-state index contributed by atoms with van der Waals surface area (Å²) in [6.07, 6.45) is 2.23. The Bertz CT molecular complexity index is 1670. The predicted molar refractivity (Wildman–Crippen MR) is 144 cm³/mol. The van der Waals surface area contributed by atoms with Gasteiger partial charge in [-0.15, -0.1) is 0 Å². The molecular weight excluding hydrogens is 484 g/mol. The van der Waals surface area contributed by atoms with Crippen LogP contribution in [0.15, 0.2) is 22.7 Å². The summed E-state index contributed by atoms with van der Waals surface area (Å²) in [6.45, 7) is 8.25. The van der Waals surface area contributed by atoms with E-state index in [0.29, 0.717) is 41.3 Å². The molecule has 1 saturated carbocycles. The summed E-state index contributed by atoms with van der Waals surface area (Å²) in [4.78, 5) is 25.3. The second-order valence-electron chi connectivity index (χ2n) is 9.73. The first-order valence-corrected chi connectivity index (χ1v) is 12.8. The van der Waals surface area contributed by atoms with Crippen LogP contribution in [0, 0.1) is 20.8 Å². The number of fused-ring (bicyclic) bond motifs is 3. The van der Waals surface area contributed by atoms with Gasteiger partial charge in [-0.2, -0.15) is 5.10 Å².